The van der Waals surface area contributed by atoms with Crippen LogP contribution in [0.1, 0.15) is 39.6 Å². The first-order chi connectivity index (χ1) is 16.2. The van der Waals surface area contributed by atoms with E-state index in [0.29, 0.717) is 5.56 Å². The zero-order chi connectivity index (χ0) is 25.0. The number of nitrogens with one attached hydrogen (secondary N) is 1. The first-order valence-corrected chi connectivity index (χ1v) is 10.7. The van der Waals surface area contributed by atoms with Crippen LogP contribution >= 0.6 is 12.6 Å². The Bertz CT molecular complexity index is 1360. The summed E-state index contributed by atoms with van der Waals surface area (Å²) in [6.45, 7) is 2.10. The van der Waals surface area contributed by atoms with Gasteiger partial charge in [0, 0.05) is 28.9 Å². The van der Waals surface area contributed by atoms with Crippen molar-refractivity contribution in [2.24, 2.45) is 0 Å². The summed E-state index contributed by atoms with van der Waals surface area (Å²) in [6, 6.07) is 5.55. The molecule has 176 valence electrons. The second-order valence-corrected chi connectivity index (χ2v) is 7.66. The van der Waals surface area contributed by atoms with Crippen LogP contribution in [-0.2, 0) is 0 Å². The number of nitrogen functional groups attached to an aromatic ring is 1. The van der Waals surface area contributed by atoms with E-state index in [1.165, 1.54) is 30.9 Å². The summed E-state index contributed by atoms with van der Waals surface area (Å²) in [5.41, 5.74) is 4.45. The van der Waals surface area contributed by atoms with Crippen LogP contribution in [0.3, 0.4) is 0 Å². The summed E-state index contributed by atoms with van der Waals surface area (Å²) in [5, 5.41) is 10.1. The number of aldehydes is 1. The Kier molecular flexibility index (Phi) is 7.62. The van der Waals surface area contributed by atoms with E-state index in [1.807, 2.05) is 0 Å². The van der Waals surface area contributed by atoms with Gasteiger partial charge in [-0.3, -0.25) is 9.59 Å². The van der Waals surface area contributed by atoms with E-state index >= 15 is 0 Å². The number of carbonyl (C=O) groups is 2. The highest BCUT2D eigenvalue weighted by Crippen LogP contribution is 2.31. The van der Waals surface area contributed by atoms with Gasteiger partial charge in [-0.1, -0.05) is 6.92 Å². The molecule has 0 radical (unpaired) electrons. The molecule has 2 aromatic carbocycles. The number of halogens is 3. The number of hydrogen-bond donors (Lipinski definition) is 4. The third kappa shape index (κ3) is 4.76. The molecule has 0 aliphatic carbocycles. The third-order valence-corrected chi connectivity index (χ3v) is 5.35. The van der Waals surface area contributed by atoms with Crippen molar-refractivity contribution in [1.29, 1.82) is 0 Å². The van der Waals surface area contributed by atoms with Crippen molar-refractivity contribution in [3.63, 3.8) is 0 Å². The monoisotopic (exact) mass is 487 g/mol. The Morgan fingerprint density at radius 3 is 2.50 bits per heavy atom. The molecule has 0 atom stereocenters. The molecule has 34 heavy (non-hydrogen) atoms. The van der Waals surface area contributed by atoms with Gasteiger partial charge in [-0.15, -0.1) is 0 Å². The maximum atomic E-state index is 14.3. The minimum absolute atomic E-state index is 0.0723. The molecule has 6 nitrogen and oxygen atoms in total. The molecule has 0 aliphatic heterocycles. The second kappa shape index (κ2) is 10.4. The highest BCUT2D eigenvalue weighted by atomic mass is 32.1. The van der Waals surface area contributed by atoms with Crippen molar-refractivity contribution in [1.82, 2.24) is 9.97 Å². The van der Waals surface area contributed by atoms with Gasteiger partial charge in [0.15, 0.2) is 12.1 Å². The van der Waals surface area contributed by atoms with Crippen molar-refractivity contribution in [3.8, 4) is 16.9 Å². The Morgan fingerprint density at radius 2 is 1.88 bits per heavy atom. The molecule has 0 spiro atoms. The van der Waals surface area contributed by atoms with Crippen LogP contribution in [0.5, 0.6) is 5.75 Å². The number of ketones is 1. The molecular weight excluding hydrogens is 467 g/mol. The number of nitrogens with zero attached hydrogens (tertiary/aromatic N) is 1. The van der Waals surface area contributed by atoms with E-state index in [-0.39, 0.29) is 34.1 Å². The van der Waals surface area contributed by atoms with Gasteiger partial charge in [-0.2, -0.15) is 12.6 Å². The summed E-state index contributed by atoms with van der Waals surface area (Å²) >= 11 is 3.92. The van der Waals surface area contributed by atoms with E-state index in [0.717, 1.165) is 24.0 Å². The lowest BCUT2D eigenvalue weighted by molar-refractivity contribution is 0.103. The van der Waals surface area contributed by atoms with Gasteiger partial charge in [-0.25, -0.2) is 18.2 Å². The van der Waals surface area contributed by atoms with Crippen LogP contribution in [-0.4, -0.2) is 32.9 Å². The van der Waals surface area contributed by atoms with Gasteiger partial charge in [0.2, 0.25) is 5.78 Å². The van der Waals surface area contributed by atoms with Crippen molar-refractivity contribution >= 4 is 41.4 Å². The maximum absolute atomic E-state index is 14.3. The van der Waals surface area contributed by atoms with Crippen molar-refractivity contribution in [2.45, 2.75) is 13.3 Å². The number of hydrogen-bond acceptors (Lipinski definition) is 6. The Labute approximate surface area is 198 Å². The average Bonchev–Trinajstić information content (AvgIpc) is 3.25. The first kappa shape index (κ1) is 24.8. The second-order valence-electron chi connectivity index (χ2n) is 7.21. The minimum Gasteiger partial charge on any atom is -0.507 e. The number of pyridine rings is 1. The molecular formula is C24H20F3N3O3S. The Balaban J connectivity index is 0.000000751. The van der Waals surface area contributed by atoms with E-state index in [1.54, 1.807) is 0 Å². The van der Waals surface area contributed by atoms with Crippen molar-refractivity contribution in [3.05, 3.63) is 76.9 Å². The molecule has 0 fully saturated rings. The van der Waals surface area contributed by atoms with Crippen LogP contribution in [0.15, 0.2) is 42.7 Å². The number of thiol groups is 1. The molecule has 0 amide bonds. The van der Waals surface area contributed by atoms with Crippen LogP contribution in [0.4, 0.5) is 18.9 Å². The molecule has 0 aliphatic rings. The summed E-state index contributed by atoms with van der Waals surface area (Å²) < 4.78 is 42.5. The van der Waals surface area contributed by atoms with Gasteiger partial charge >= 0.3 is 0 Å². The lowest BCUT2D eigenvalue weighted by atomic mass is 9.99. The number of H-pyrrole nitrogens is 1. The number of carbonyl (C=O) groups excluding carboxylic acids is 2. The molecule has 0 unspecified atom stereocenters. The van der Waals surface area contributed by atoms with Gasteiger partial charge in [0.05, 0.1) is 16.8 Å². The van der Waals surface area contributed by atoms with E-state index in [2.05, 4.69) is 29.5 Å². The summed E-state index contributed by atoms with van der Waals surface area (Å²) in [6.07, 6.45) is 3.97. The van der Waals surface area contributed by atoms with Crippen LogP contribution in [0.25, 0.3) is 22.2 Å². The first-order valence-electron chi connectivity index (χ1n) is 10.1. The standard InChI is InChI=1S/C21H12F3N3O3.C3H8S/c22-14-1-2-16(25)19(24)18(14)20(30)12-7-27-21-11(12)3-10(6-26-21)9-4-15(23)13(8-28)17(29)5-9;1-2-3-4/h1-8,29H,25H2,(H,26,27);4H,2-3H2,1H3. The summed E-state index contributed by atoms with van der Waals surface area (Å²) in [4.78, 5) is 30.5. The lowest BCUT2D eigenvalue weighted by Gasteiger charge is -2.07. The third-order valence-electron chi connectivity index (χ3n) is 4.91. The van der Waals surface area contributed by atoms with E-state index in [9.17, 15) is 27.9 Å². The number of phenols is 1. The zero-order valence-electron chi connectivity index (χ0n) is 17.9. The maximum Gasteiger partial charge on any atom is 0.201 e. The number of phenolic OH excluding ortho intramolecular Hbond substituents is 1. The topological polar surface area (TPSA) is 109 Å². The van der Waals surface area contributed by atoms with Crippen molar-refractivity contribution in [2.75, 3.05) is 11.5 Å². The van der Waals surface area contributed by atoms with Crippen LogP contribution in [0, 0.1) is 17.5 Å². The Morgan fingerprint density at radius 1 is 1.18 bits per heavy atom. The lowest BCUT2D eigenvalue weighted by Crippen LogP contribution is -2.09. The molecule has 2 heterocycles. The predicted molar refractivity (Wildman–Crippen MR) is 127 cm³/mol. The number of aromatic nitrogens is 2. The molecule has 0 saturated heterocycles. The van der Waals surface area contributed by atoms with Crippen LogP contribution < -0.4 is 5.73 Å². The number of aromatic amines is 1. The fourth-order valence-corrected chi connectivity index (χ4v) is 3.15. The number of rotatable bonds is 5. The Hall–Kier alpha value is -3.79. The number of nitrogens with two attached hydrogens (primary N) is 1. The van der Waals surface area contributed by atoms with E-state index < -0.39 is 40.1 Å². The molecule has 4 aromatic rings. The summed E-state index contributed by atoms with van der Waals surface area (Å²) in [7, 11) is 0. The molecule has 0 saturated carbocycles. The minimum atomic E-state index is -1.17. The average molecular weight is 488 g/mol. The molecule has 10 heteroatoms. The highest BCUT2D eigenvalue weighted by Gasteiger charge is 2.24. The highest BCUT2D eigenvalue weighted by molar-refractivity contribution is 7.80. The van der Waals surface area contributed by atoms with Gasteiger partial charge < -0.3 is 15.8 Å². The zero-order valence-corrected chi connectivity index (χ0v) is 18.8. The molecule has 2 aromatic heterocycles. The molecule has 4 rings (SSSR count). The summed E-state index contributed by atoms with van der Waals surface area (Å²) in [5.74, 6) is -3.67. The smallest absolute Gasteiger partial charge is 0.201 e. The normalized spacial score (nSPS) is 10.6. The number of benzene rings is 2. The molecule has 0 bridgehead atoms. The fourth-order valence-electron chi connectivity index (χ4n) is 3.15. The SMILES string of the molecule is CCCS.Nc1ccc(F)c(C(=O)c2c[nH]c3ncc(-c4cc(O)c(C=O)c(F)c4)cc23)c1F. The van der Waals surface area contributed by atoms with Gasteiger partial charge in [0.25, 0.3) is 0 Å². The quantitative estimate of drug-likeness (QED) is 0.132. The number of anilines is 1. The number of fused-ring (bicyclic) bond motifs is 1. The van der Waals surface area contributed by atoms with Gasteiger partial charge in [-0.05, 0) is 48.1 Å². The van der Waals surface area contributed by atoms with E-state index in [4.69, 9.17) is 5.73 Å². The fraction of sp³-hybridized carbons (Fsp3) is 0.125. The predicted octanol–water partition coefficient (Wildman–Crippen LogP) is 5.30. The van der Waals surface area contributed by atoms with Crippen molar-refractivity contribution < 1.29 is 27.9 Å². The van der Waals surface area contributed by atoms with Crippen LogP contribution in [0.2, 0.25) is 0 Å². The number of aromatic hydroxyl groups is 1. The van der Waals surface area contributed by atoms with Gasteiger partial charge in [0.1, 0.15) is 23.0 Å². The molecule has 4 N–H and O–H groups in total. The largest absolute Gasteiger partial charge is 0.507 e.